The van der Waals surface area contributed by atoms with Gasteiger partial charge >= 0.3 is 0 Å². The van der Waals surface area contributed by atoms with Crippen molar-refractivity contribution in [1.82, 2.24) is 0 Å². The maximum Gasteiger partial charge on any atom is 0.270 e. The molecule has 0 saturated carbocycles. The summed E-state index contributed by atoms with van der Waals surface area (Å²) in [6.07, 6.45) is 2.89. The first-order valence-electron chi connectivity index (χ1n) is 3.68. The van der Waals surface area contributed by atoms with Gasteiger partial charge in [-0.25, -0.2) is 14.8 Å². The molecule has 6 nitrogen and oxygen atoms in total. The quantitative estimate of drug-likeness (QED) is 0.476. The van der Waals surface area contributed by atoms with E-state index in [0.29, 0.717) is 0 Å². The number of rotatable bonds is 3. The molecule has 78 valence electrons. The summed E-state index contributed by atoms with van der Waals surface area (Å²) < 4.78 is 13.8. The summed E-state index contributed by atoms with van der Waals surface area (Å²) in [5.41, 5.74) is 0. The van der Waals surface area contributed by atoms with Gasteiger partial charge in [-0.1, -0.05) is 0 Å². The Labute approximate surface area is 81.9 Å². The van der Waals surface area contributed by atoms with Crippen molar-refractivity contribution >= 4 is 18.4 Å². The Morgan fingerprint density at radius 2 is 1.57 bits per heavy atom. The monoisotopic (exact) mass is 200 g/mol. The van der Waals surface area contributed by atoms with Crippen LogP contribution in [0.5, 0.6) is 0 Å². The number of ether oxygens (including phenoxy) is 3. The molecule has 0 unspecified atom stereocenters. The third-order valence-corrected chi connectivity index (χ3v) is 1.13. The summed E-state index contributed by atoms with van der Waals surface area (Å²) in [7, 11) is 4.53. The van der Waals surface area contributed by atoms with E-state index in [-0.39, 0.29) is 5.82 Å². The molecule has 0 bridgehead atoms. The van der Waals surface area contributed by atoms with E-state index in [4.69, 9.17) is 0 Å². The molecule has 0 aromatic carbocycles. The normalized spacial score (nSPS) is 12.7. The molecule has 0 aliphatic carbocycles. The van der Waals surface area contributed by atoms with Crippen molar-refractivity contribution in [1.29, 1.82) is 0 Å². The van der Waals surface area contributed by atoms with E-state index in [9.17, 15) is 4.79 Å². The third kappa shape index (κ3) is 5.34. The predicted octanol–water partition coefficient (Wildman–Crippen LogP) is 0.0238. The van der Waals surface area contributed by atoms with Crippen LogP contribution >= 0.6 is 0 Å². The standard InChI is InChI=1S/C4H2N2O.C4H10O3/c7-3-4-5-1-2-6-4;1-5-4(6-2)7-3/h1-2H;4H,1-3H3. The second kappa shape index (κ2) is 8.28. The van der Waals surface area contributed by atoms with Crippen LogP contribution in [0.25, 0.3) is 0 Å². The molecular weight excluding hydrogens is 188 g/mol. The number of methoxy groups -OCH3 is 3. The van der Waals surface area contributed by atoms with Gasteiger partial charge in [0.2, 0.25) is 5.82 Å². The lowest BCUT2D eigenvalue weighted by Gasteiger charge is -2.08. The molecule has 1 rings (SSSR count). The number of aliphatic imine (C=N–C) groups is 2. The van der Waals surface area contributed by atoms with Gasteiger partial charge in [0.05, 0.1) is 0 Å². The molecule has 14 heavy (non-hydrogen) atoms. The molecule has 0 radical (unpaired) electrons. The van der Waals surface area contributed by atoms with E-state index in [0.717, 1.165) is 0 Å². The van der Waals surface area contributed by atoms with Gasteiger partial charge in [-0.2, -0.15) is 0 Å². The molecule has 0 aromatic rings. The highest BCUT2D eigenvalue weighted by Crippen LogP contribution is 1.93. The Morgan fingerprint density at radius 3 is 1.71 bits per heavy atom. The maximum absolute atomic E-state index is 9.62. The molecular formula is C8H12N2O4. The van der Waals surface area contributed by atoms with Crippen LogP contribution < -0.4 is 0 Å². The fourth-order valence-electron chi connectivity index (χ4n) is 0.583. The predicted molar refractivity (Wildman–Crippen MR) is 51.0 cm³/mol. The molecule has 6 heteroatoms. The van der Waals surface area contributed by atoms with Crippen molar-refractivity contribution in [3.63, 3.8) is 0 Å². The summed E-state index contributed by atoms with van der Waals surface area (Å²) in [6, 6.07) is 0. The Balaban J connectivity index is 0.000000241. The number of hydrogen-bond acceptors (Lipinski definition) is 6. The zero-order valence-corrected chi connectivity index (χ0v) is 8.26. The lowest BCUT2D eigenvalue weighted by atomic mass is 10.9. The minimum Gasteiger partial charge on any atom is -0.333 e. The molecule has 1 aliphatic rings. The van der Waals surface area contributed by atoms with Crippen LogP contribution in [-0.2, 0) is 19.0 Å². The number of nitrogens with zero attached hydrogens (tertiary/aromatic N) is 2. The molecule has 1 heterocycles. The zero-order chi connectivity index (χ0) is 10.8. The van der Waals surface area contributed by atoms with Crippen molar-refractivity contribution < 1.29 is 19.0 Å². The Bertz CT molecular complexity index is 233. The summed E-state index contributed by atoms with van der Waals surface area (Å²) in [5, 5.41) is 0. The van der Waals surface area contributed by atoms with Crippen LogP contribution in [-0.4, -0.2) is 46.2 Å². The van der Waals surface area contributed by atoms with Crippen LogP contribution in [0.3, 0.4) is 0 Å². The minimum absolute atomic E-state index is 0.125. The van der Waals surface area contributed by atoms with Crippen molar-refractivity contribution in [2.45, 2.75) is 6.48 Å². The van der Waals surface area contributed by atoms with Gasteiger partial charge in [-0.3, -0.25) is 0 Å². The second-order valence-electron chi connectivity index (χ2n) is 1.98. The van der Waals surface area contributed by atoms with Gasteiger partial charge < -0.3 is 14.2 Å². The van der Waals surface area contributed by atoms with Crippen LogP contribution in [0.4, 0.5) is 0 Å². The number of hydrogen-bond donors (Lipinski definition) is 0. The van der Waals surface area contributed by atoms with Gasteiger partial charge in [0, 0.05) is 33.8 Å². The van der Waals surface area contributed by atoms with Crippen LogP contribution in [0.1, 0.15) is 0 Å². The molecule has 0 fully saturated rings. The molecule has 0 N–H and O–H groups in total. The smallest absolute Gasteiger partial charge is 0.270 e. The fraction of sp³-hybridized carbons (Fsp3) is 0.500. The van der Waals surface area contributed by atoms with Crippen molar-refractivity contribution in [2.75, 3.05) is 21.3 Å². The SMILES string of the molecule is COC(OC)OC.O=C=C1N=CC=N1. The number of carbonyl (C=O) groups excluding carboxylic acids is 1. The van der Waals surface area contributed by atoms with Crippen molar-refractivity contribution in [2.24, 2.45) is 9.98 Å². The average molecular weight is 200 g/mol. The molecule has 1 aliphatic heterocycles. The van der Waals surface area contributed by atoms with Gasteiger partial charge in [0.15, 0.2) is 5.94 Å². The highest BCUT2D eigenvalue weighted by molar-refractivity contribution is 6.18. The largest absolute Gasteiger partial charge is 0.333 e. The lowest BCUT2D eigenvalue weighted by Crippen LogP contribution is -2.14. The van der Waals surface area contributed by atoms with Gasteiger partial charge in [0.25, 0.3) is 6.48 Å². The Kier molecular flexibility index (Phi) is 7.49. The first-order valence-corrected chi connectivity index (χ1v) is 3.68. The van der Waals surface area contributed by atoms with E-state index in [1.165, 1.54) is 39.7 Å². The van der Waals surface area contributed by atoms with Crippen molar-refractivity contribution in [3.8, 4) is 0 Å². The van der Waals surface area contributed by atoms with E-state index in [1.807, 2.05) is 0 Å². The first kappa shape index (κ1) is 12.7. The minimum atomic E-state index is -0.514. The van der Waals surface area contributed by atoms with Crippen molar-refractivity contribution in [3.05, 3.63) is 5.82 Å². The Morgan fingerprint density at radius 1 is 1.14 bits per heavy atom. The molecule has 0 saturated heterocycles. The van der Waals surface area contributed by atoms with E-state index in [1.54, 1.807) is 0 Å². The molecule has 0 amide bonds. The topological polar surface area (TPSA) is 69.5 Å². The highest BCUT2D eigenvalue weighted by Gasteiger charge is 1.96. The Hall–Kier alpha value is -1.33. The van der Waals surface area contributed by atoms with Crippen LogP contribution in [0.2, 0.25) is 0 Å². The second-order valence-corrected chi connectivity index (χ2v) is 1.98. The molecule has 0 atom stereocenters. The summed E-state index contributed by atoms with van der Waals surface area (Å²) >= 11 is 0. The molecule has 0 aromatic heterocycles. The van der Waals surface area contributed by atoms with Gasteiger partial charge in [0.1, 0.15) is 0 Å². The fourth-order valence-corrected chi connectivity index (χ4v) is 0.583. The summed E-state index contributed by atoms with van der Waals surface area (Å²) in [6.45, 7) is -0.514. The first-order chi connectivity index (χ1) is 6.78. The highest BCUT2D eigenvalue weighted by atomic mass is 16.8. The van der Waals surface area contributed by atoms with Crippen LogP contribution in [0, 0.1) is 0 Å². The zero-order valence-electron chi connectivity index (χ0n) is 8.26. The van der Waals surface area contributed by atoms with E-state index < -0.39 is 6.48 Å². The van der Waals surface area contributed by atoms with E-state index in [2.05, 4.69) is 24.2 Å². The van der Waals surface area contributed by atoms with E-state index >= 15 is 0 Å². The summed E-state index contributed by atoms with van der Waals surface area (Å²) in [5.74, 6) is 1.66. The van der Waals surface area contributed by atoms with Crippen LogP contribution in [0.15, 0.2) is 15.8 Å². The maximum atomic E-state index is 9.62. The lowest BCUT2D eigenvalue weighted by molar-refractivity contribution is -0.252. The molecule has 0 spiro atoms. The summed E-state index contributed by atoms with van der Waals surface area (Å²) in [4.78, 5) is 16.6. The third-order valence-electron chi connectivity index (χ3n) is 1.13. The van der Waals surface area contributed by atoms with Gasteiger partial charge in [-0.05, 0) is 0 Å². The van der Waals surface area contributed by atoms with Gasteiger partial charge in [-0.15, -0.1) is 0 Å². The average Bonchev–Trinajstić information content (AvgIpc) is 2.74.